The molecule has 0 unspecified atom stereocenters. The van der Waals surface area contributed by atoms with E-state index in [1.165, 1.54) is 0 Å². The van der Waals surface area contributed by atoms with Crippen LogP contribution in [0.4, 0.5) is 0 Å². The Bertz CT molecular complexity index is 1000. The van der Waals surface area contributed by atoms with Crippen LogP contribution in [0.2, 0.25) is 0 Å². The van der Waals surface area contributed by atoms with Gasteiger partial charge in [0.15, 0.2) is 0 Å². The van der Waals surface area contributed by atoms with Crippen molar-refractivity contribution in [2.75, 3.05) is 27.3 Å². The van der Waals surface area contributed by atoms with Gasteiger partial charge in [-0.25, -0.2) is 0 Å². The lowest BCUT2D eigenvalue weighted by molar-refractivity contribution is -0.127. The normalized spacial score (nSPS) is 25.1. The number of aromatic nitrogens is 1. The van der Waals surface area contributed by atoms with E-state index in [0.29, 0.717) is 24.4 Å². The van der Waals surface area contributed by atoms with E-state index in [1.54, 1.807) is 7.11 Å². The van der Waals surface area contributed by atoms with E-state index in [1.807, 2.05) is 59.8 Å². The number of benzene rings is 1. The standard InChI is InChI=1S/C23H29N3O4/c1-4-10-24-22(28)21-18(13-27)17-12-26-19(20(17)25(21)2)9-8-16(23(26)29)14-6-5-7-15(11-14)30-3/h5-9,11,17-18,20-21,27H,4,10,12-13H2,1-3H3,(H,24,28)/t17-,18-,20+,21-/m1/s1. The quantitative estimate of drug-likeness (QED) is 0.755. The van der Waals surface area contributed by atoms with E-state index in [9.17, 15) is 14.7 Å². The Hall–Kier alpha value is -2.64. The number of pyridine rings is 1. The lowest BCUT2D eigenvalue weighted by atomic mass is 9.88. The molecule has 0 radical (unpaired) electrons. The van der Waals surface area contributed by atoms with E-state index < -0.39 is 6.04 Å². The molecule has 2 aromatic rings. The van der Waals surface area contributed by atoms with Crippen LogP contribution < -0.4 is 15.6 Å². The first kappa shape index (κ1) is 20.6. The van der Waals surface area contributed by atoms with Crippen molar-refractivity contribution >= 4 is 5.91 Å². The summed E-state index contributed by atoms with van der Waals surface area (Å²) < 4.78 is 7.10. The minimum Gasteiger partial charge on any atom is -0.497 e. The van der Waals surface area contributed by atoms with Crippen molar-refractivity contribution in [1.29, 1.82) is 0 Å². The molecule has 4 rings (SSSR count). The molecule has 0 bridgehead atoms. The second-order valence-corrected chi connectivity index (χ2v) is 8.18. The van der Waals surface area contributed by atoms with E-state index in [-0.39, 0.29) is 36.0 Å². The number of hydrogen-bond acceptors (Lipinski definition) is 5. The Kier molecular flexibility index (Phi) is 5.66. The number of rotatable bonds is 6. The zero-order chi connectivity index (χ0) is 21.4. The number of fused-ring (bicyclic) bond motifs is 3. The van der Waals surface area contributed by atoms with Gasteiger partial charge in [-0.05, 0) is 43.3 Å². The number of likely N-dealkylation sites (N-methyl/N-ethyl adjacent to an activating group) is 1. The lowest BCUT2D eigenvalue weighted by Gasteiger charge is -2.27. The summed E-state index contributed by atoms with van der Waals surface area (Å²) in [6.45, 7) is 3.06. The third kappa shape index (κ3) is 3.22. The van der Waals surface area contributed by atoms with Crippen molar-refractivity contribution in [3.63, 3.8) is 0 Å². The molecule has 7 nitrogen and oxygen atoms in total. The number of carbonyl (C=O) groups excluding carboxylic acids is 1. The minimum atomic E-state index is -0.390. The largest absolute Gasteiger partial charge is 0.497 e. The third-order valence-corrected chi connectivity index (χ3v) is 6.55. The van der Waals surface area contributed by atoms with E-state index >= 15 is 0 Å². The monoisotopic (exact) mass is 411 g/mol. The average molecular weight is 412 g/mol. The number of nitrogens with zero attached hydrogens (tertiary/aromatic N) is 2. The number of amides is 1. The number of aliphatic hydroxyl groups is 1. The zero-order valence-corrected chi connectivity index (χ0v) is 17.7. The maximum atomic E-state index is 13.3. The highest BCUT2D eigenvalue weighted by molar-refractivity contribution is 5.82. The van der Waals surface area contributed by atoms with Gasteiger partial charge in [0.1, 0.15) is 5.75 Å². The van der Waals surface area contributed by atoms with Gasteiger partial charge in [0.2, 0.25) is 5.91 Å². The number of ether oxygens (including phenoxy) is 1. The maximum Gasteiger partial charge on any atom is 0.258 e. The summed E-state index contributed by atoms with van der Waals surface area (Å²) >= 11 is 0. The molecule has 4 atom stereocenters. The van der Waals surface area contributed by atoms with Crippen molar-refractivity contribution in [2.45, 2.75) is 32.0 Å². The summed E-state index contributed by atoms with van der Waals surface area (Å²) in [5.74, 6) is 0.465. The molecule has 160 valence electrons. The van der Waals surface area contributed by atoms with Crippen LogP contribution in [-0.2, 0) is 11.3 Å². The summed E-state index contributed by atoms with van der Waals surface area (Å²) in [7, 11) is 3.52. The minimum absolute atomic E-state index is 0.0191. The SMILES string of the molecule is CCCNC(=O)[C@H]1[C@H](CO)[C@H]2Cn3c(ccc(-c4cccc(OC)c4)c3=O)[C@H]2N1C. The Morgan fingerprint density at radius 3 is 2.80 bits per heavy atom. The van der Waals surface area contributed by atoms with Crippen molar-refractivity contribution in [3.05, 3.63) is 52.4 Å². The fourth-order valence-corrected chi connectivity index (χ4v) is 5.14. The molecular weight excluding hydrogens is 382 g/mol. The first-order valence-electron chi connectivity index (χ1n) is 10.5. The summed E-state index contributed by atoms with van der Waals surface area (Å²) in [6.07, 6.45) is 0.865. The fraction of sp³-hybridized carbons (Fsp3) is 0.478. The van der Waals surface area contributed by atoms with Crippen molar-refractivity contribution in [3.8, 4) is 16.9 Å². The first-order chi connectivity index (χ1) is 14.5. The van der Waals surface area contributed by atoms with Gasteiger partial charge in [-0.2, -0.15) is 0 Å². The van der Waals surface area contributed by atoms with E-state index in [0.717, 1.165) is 17.7 Å². The van der Waals surface area contributed by atoms with Crippen molar-refractivity contribution < 1.29 is 14.6 Å². The van der Waals surface area contributed by atoms with Gasteiger partial charge in [0, 0.05) is 42.8 Å². The van der Waals surface area contributed by atoms with Crippen LogP contribution in [0.3, 0.4) is 0 Å². The van der Waals surface area contributed by atoms with Crippen LogP contribution in [0.25, 0.3) is 11.1 Å². The smallest absolute Gasteiger partial charge is 0.258 e. The molecule has 2 N–H and O–H groups in total. The van der Waals surface area contributed by atoms with Crippen LogP contribution >= 0.6 is 0 Å². The summed E-state index contributed by atoms with van der Waals surface area (Å²) in [5.41, 5.74) is 2.30. The molecule has 0 saturated carbocycles. The summed E-state index contributed by atoms with van der Waals surface area (Å²) in [6, 6.07) is 10.9. The molecule has 30 heavy (non-hydrogen) atoms. The molecule has 2 aliphatic heterocycles. The zero-order valence-electron chi connectivity index (χ0n) is 17.7. The number of hydrogen-bond donors (Lipinski definition) is 2. The molecule has 0 spiro atoms. The Morgan fingerprint density at radius 1 is 1.30 bits per heavy atom. The Morgan fingerprint density at radius 2 is 2.10 bits per heavy atom. The van der Waals surface area contributed by atoms with Gasteiger partial charge in [0.25, 0.3) is 5.56 Å². The molecule has 1 fully saturated rings. The predicted octanol–water partition coefficient (Wildman–Crippen LogP) is 1.64. The van der Waals surface area contributed by atoms with Crippen LogP contribution in [0.15, 0.2) is 41.2 Å². The van der Waals surface area contributed by atoms with Crippen LogP contribution in [0.1, 0.15) is 25.1 Å². The number of likely N-dealkylation sites (tertiary alicyclic amines) is 1. The summed E-state index contributed by atoms with van der Waals surface area (Å²) in [4.78, 5) is 28.1. The fourth-order valence-electron chi connectivity index (χ4n) is 5.14. The number of nitrogens with one attached hydrogen (secondary N) is 1. The van der Waals surface area contributed by atoms with Crippen LogP contribution in [0, 0.1) is 11.8 Å². The molecule has 1 saturated heterocycles. The molecule has 7 heteroatoms. The Balaban J connectivity index is 1.70. The second kappa shape index (κ2) is 8.24. The van der Waals surface area contributed by atoms with Gasteiger partial charge in [-0.3, -0.25) is 14.5 Å². The van der Waals surface area contributed by atoms with Crippen LogP contribution in [0.5, 0.6) is 5.75 Å². The van der Waals surface area contributed by atoms with Gasteiger partial charge in [0.05, 0.1) is 19.2 Å². The van der Waals surface area contributed by atoms with E-state index in [2.05, 4.69) is 5.32 Å². The highest BCUT2D eigenvalue weighted by Gasteiger charge is 2.54. The average Bonchev–Trinajstić information content (AvgIpc) is 3.27. The van der Waals surface area contributed by atoms with Gasteiger partial charge >= 0.3 is 0 Å². The lowest BCUT2D eigenvalue weighted by Crippen LogP contribution is -2.47. The molecule has 3 heterocycles. The highest BCUT2D eigenvalue weighted by Crippen LogP contribution is 2.48. The van der Waals surface area contributed by atoms with Crippen LogP contribution in [-0.4, -0.2) is 53.8 Å². The third-order valence-electron chi connectivity index (χ3n) is 6.55. The first-order valence-corrected chi connectivity index (χ1v) is 10.5. The second-order valence-electron chi connectivity index (χ2n) is 8.18. The number of methoxy groups -OCH3 is 1. The van der Waals surface area contributed by atoms with Gasteiger partial charge in [-0.15, -0.1) is 0 Å². The highest BCUT2D eigenvalue weighted by atomic mass is 16.5. The van der Waals surface area contributed by atoms with E-state index in [4.69, 9.17) is 4.74 Å². The molecule has 1 aromatic heterocycles. The topological polar surface area (TPSA) is 83.8 Å². The van der Waals surface area contributed by atoms with Crippen molar-refractivity contribution in [1.82, 2.24) is 14.8 Å². The Labute approximate surface area is 176 Å². The maximum absolute atomic E-state index is 13.3. The number of carbonyl (C=O) groups is 1. The van der Waals surface area contributed by atoms with Gasteiger partial charge < -0.3 is 19.7 Å². The number of aliphatic hydroxyl groups excluding tert-OH is 1. The molecular formula is C23H29N3O4. The molecule has 2 aliphatic rings. The predicted molar refractivity (Wildman–Crippen MR) is 114 cm³/mol. The molecule has 0 aliphatic carbocycles. The van der Waals surface area contributed by atoms with Gasteiger partial charge in [-0.1, -0.05) is 19.1 Å². The summed E-state index contributed by atoms with van der Waals surface area (Å²) in [5, 5.41) is 13.1. The van der Waals surface area contributed by atoms with Crippen molar-refractivity contribution in [2.24, 2.45) is 11.8 Å². The molecule has 1 aromatic carbocycles. The molecule has 1 amide bonds.